The number of ether oxygens (including phenoxy) is 1. The third-order valence-electron chi connectivity index (χ3n) is 1.70. The van der Waals surface area contributed by atoms with Gasteiger partial charge in [0.15, 0.2) is 0 Å². The van der Waals surface area contributed by atoms with Gasteiger partial charge in [0.25, 0.3) is 5.69 Å². The molecule has 1 rings (SSSR count). The van der Waals surface area contributed by atoms with Gasteiger partial charge in [-0.15, -0.1) is 0 Å². The van der Waals surface area contributed by atoms with Crippen molar-refractivity contribution >= 4 is 21.6 Å². The van der Waals surface area contributed by atoms with Crippen LogP contribution >= 0.6 is 15.9 Å². The van der Waals surface area contributed by atoms with Gasteiger partial charge >= 0.3 is 0 Å². The molecule has 0 aliphatic rings. The van der Waals surface area contributed by atoms with Crippen molar-refractivity contribution in [2.45, 2.75) is 6.92 Å². The number of non-ortho nitro benzene ring substituents is 1. The zero-order chi connectivity index (χ0) is 11.3. The lowest BCUT2D eigenvalue weighted by atomic mass is 10.3. The molecule has 0 aromatic heterocycles. The van der Waals surface area contributed by atoms with Crippen LogP contribution in [-0.2, 0) is 0 Å². The fourth-order valence-electron chi connectivity index (χ4n) is 0.950. The molecule has 5 heteroatoms. The molecule has 0 radical (unpaired) electrons. The summed E-state index contributed by atoms with van der Waals surface area (Å²) in [5.74, 6) is 0.474. The second-order valence-corrected chi connectivity index (χ2v) is 3.61. The zero-order valence-electron chi connectivity index (χ0n) is 8.14. The monoisotopic (exact) mass is 271 g/mol. The fourth-order valence-corrected chi connectivity index (χ4v) is 1.31. The summed E-state index contributed by atoms with van der Waals surface area (Å²) in [5, 5.41) is 10.5. The van der Waals surface area contributed by atoms with Crippen molar-refractivity contribution < 1.29 is 9.66 Å². The van der Waals surface area contributed by atoms with Crippen LogP contribution in [0.25, 0.3) is 0 Å². The summed E-state index contributed by atoms with van der Waals surface area (Å²) in [7, 11) is 0. The van der Waals surface area contributed by atoms with Crippen LogP contribution in [0.15, 0.2) is 34.8 Å². The first-order valence-corrected chi connectivity index (χ1v) is 5.12. The minimum atomic E-state index is -0.449. The Labute approximate surface area is 95.8 Å². The van der Waals surface area contributed by atoms with Gasteiger partial charge in [0.1, 0.15) is 12.4 Å². The van der Waals surface area contributed by atoms with Crippen molar-refractivity contribution in [3.63, 3.8) is 0 Å². The lowest BCUT2D eigenvalue weighted by Gasteiger charge is -2.04. The molecular weight excluding hydrogens is 262 g/mol. The highest BCUT2D eigenvalue weighted by molar-refractivity contribution is 9.10. The first-order valence-electron chi connectivity index (χ1n) is 4.33. The molecule has 0 fully saturated rings. The average molecular weight is 272 g/mol. The van der Waals surface area contributed by atoms with E-state index in [9.17, 15) is 10.1 Å². The van der Waals surface area contributed by atoms with Crippen LogP contribution in [0.3, 0.4) is 0 Å². The van der Waals surface area contributed by atoms with Crippen molar-refractivity contribution in [2.24, 2.45) is 0 Å². The predicted octanol–water partition coefficient (Wildman–Crippen LogP) is 3.31. The average Bonchev–Trinajstić information content (AvgIpc) is 2.20. The van der Waals surface area contributed by atoms with E-state index in [1.165, 1.54) is 12.1 Å². The molecule has 0 spiro atoms. The van der Waals surface area contributed by atoms with Gasteiger partial charge in [-0.2, -0.15) is 0 Å². The van der Waals surface area contributed by atoms with Gasteiger partial charge in [-0.3, -0.25) is 10.1 Å². The first kappa shape index (κ1) is 11.7. The fraction of sp³-hybridized carbons (Fsp3) is 0.200. The highest BCUT2D eigenvalue weighted by Crippen LogP contribution is 2.29. The molecule has 1 aromatic rings. The molecule has 0 saturated heterocycles. The molecule has 0 aliphatic heterocycles. The first-order chi connectivity index (χ1) is 7.15. The topological polar surface area (TPSA) is 52.4 Å². The SMILES string of the molecule is C/C=C/COc1cc([N+](=O)[O-])ccc1Br. The third-order valence-corrected chi connectivity index (χ3v) is 2.35. The summed E-state index contributed by atoms with van der Waals surface area (Å²) >= 11 is 3.26. The zero-order valence-corrected chi connectivity index (χ0v) is 9.73. The summed E-state index contributed by atoms with van der Waals surface area (Å²) < 4.78 is 6.04. The van der Waals surface area contributed by atoms with Gasteiger partial charge in [0.05, 0.1) is 15.5 Å². The van der Waals surface area contributed by atoms with Crippen LogP contribution in [0, 0.1) is 10.1 Å². The van der Waals surface area contributed by atoms with E-state index >= 15 is 0 Å². The summed E-state index contributed by atoms with van der Waals surface area (Å²) in [4.78, 5) is 10.1. The Balaban J connectivity index is 2.85. The molecule has 15 heavy (non-hydrogen) atoms. The molecular formula is C10H10BrNO3. The maximum absolute atomic E-state index is 10.5. The van der Waals surface area contributed by atoms with Crippen molar-refractivity contribution in [3.05, 3.63) is 44.9 Å². The summed E-state index contributed by atoms with van der Waals surface area (Å²) in [6.07, 6.45) is 3.68. The van der Waals surface area contributed by atoms with Crippen molar-refractivity contribution in [1.82, 2.24) is 0 Å². The highest BCUT2D eigenvalue weighted by Gasteiger charge is 2.09. The van der Waals surface area contributed by atoms with Crippen LogP contribution in [-0.4, -0.2) is 11.5 Å². The molecule has 80 valence electrons. The van der Waals surface area contributed by atoms with Crippen LogP contribution < -0.4 is 4.74 Å². The van der Waals surface area contributed by atoms with Crippen LogP contribution in [0.4, 0.5) is 5.69 Å². The minimum absolute atomic E-state index is 0.0219. The molecule has 0 unspecified atom stereocenters. The second-order valence-electron chi connectivity index (χ2n) is 2.75. The van der Waals surface area contributed by atoms with E-state index in [-0.39, 0.29) is 5.69 Å². The molecule has 0 atom stereocenters. The summed E-state index contributed by atoms with van der Waals surface area (Å²) in [5.41, 5.74) is 0.0219. The summed E-state index contributed by atoms with van der Waals surface area (Å²) in [6, 6.07) is 4.42. The lowest BCUT2D eigenvalue weighted by Crippen LogP contribution is -1.95. The molecule has 4 nitrogen and oxygen atoms in total. The van der Waals surface area contributed by atoms with Crippen molar-refractivity contribution in [2.75, 3.05) is 6.61 Å². The Bertz CT molecular complexity index is 390. The molecule has 0 bridgehead atoms. The van der Waals surface area contributed by atoms with Crippen molar-refractivity contribution in [1.29, 1.82) is 0 Å². The Hall–Kier alpha value is -1.36. The van der Waals surface area contributed by atoms with Crippen LogP contribution in [0.5, 0.6) is 5.75 Å². The Morgan fingerprint density at radius 1 is 1.60 bits per heavy atom. The quantitative estimate of drug-likeness (QED) is 0.480. The smallest absolute Gasteiger partial charge is 0.273 e. The Morgan fingerprint density at radius 3 is 2.93 bits per heavy atom. The van der Waals surface area contributed by atoms with E-state index in [0.717, 1.165) is 0 Å². The molecule has 0 N–H and O–H groups in total. The number of halogens is 1. The lowest BCUT2D eigenvalue weighted by molar-refractivity contribution is -0.384. The van der Waals surface area contributed by atoms with Gasteiger partial charge in [-0.05, 0) is 28.9 Å². The number of nitro groups is 1. The number of nitrogens with zero attached hydrogens (tertiary/aromatic N) is 1. The maximum Gasteiger partial charge on any atom is 0.273 e. The molecule has 1 aromatic carbocycles. The number of benzene rings is 1. The molecule has 0 saturated carbocycles. The number of nitro benzene ring substituents is 1. The minimum Gasteiger partial charge on any atom is -0.488 e. The maximum atomic E-state index is 10.5. The van der Waals surface area contributed by atoms with E-state index in [4.69, 9.17) is 4.74 Å². The molecule has 0 amide bonds. The van der Waals surface area contributed by atoms with E-state index in [2.05, 4.69) is 15.9 Å². The summed E-state index contributed by atoms with van der Waals surface area (Å²) in [6.45, 7) is 2.28. The van der Waals surface area contributed by atoms with Gasteiger partial charge < -0.3 is 4.74 Å². The highest BCUT2D eigenvalue weighted by atomic mass is 79.9. The van der Waals surface area contributed by atoms with Gasteiger partial charge in [0, 0.05) is 6.07 Å². The van der Waals surface area contributed by atoms with Crippen LogP contribution in [0.2, 0.25) is 0 Å². The Morgan fingerprint density at radius 2 is 2.33 bits per heavy atom. The number of hydrogen-bond donors (Lipinski definition) is 0. The number of hydrogen-bond acceptors (Lipinski definition) is 3. The van der Waals surface area contributed by atoms with Gasteiger partial charge in [-0.1, -0.05) is 12.2 Å². The van der Waals surface area contributed by atoms with Crippen LogP contribution in [0.1, 0.15) is 6.92 Å². The molecule has 0 heterocycles. The normalized spacial score (nSPS) is 10.5. The second kappa shape index (κ2) is 5.50. The Kier molecular flexibility index (Phi) is 4.30. The van der Waals surface area contributed by atoms with Gasteiger partial charge in [0.2, 0.25) is 0 Å². The molecule has 0 aliphatic carbocycles. The van der Waals surface area contributed by atoms with Gasteiger partial charge in [-0.25, -0.2) is 0 Å². The third kappa shape index (κ3) is 3.36. The standard InChI is InChI=1S/C10H10BrNO3/c1-2-3-6-15-10-7-8(12(13)14)4-5-9(10)11/h2-5,7H,6H2,1H3/b3-2+. The van der Waals surface area contributed by atoms with E-state index < -0.39 is 4.92 Å². The van der Waals surface area contributed by atoms with E-state index in [1.54, 1.807) is 6.07 Å². The largest absolute Gasteiger partial charge is 0.488 e. The van der Waals surface area contributed by atoms with Crippen molar-refractivity contribution in [3.8, 4) is 5.75 Å². The number of allylic oxidation sites excluding steroid dienone is 1. The number of rotatable bonds is 4. The van der Waals surface area contributed by atoms with E-state index in [1.807, 2.05) is 19.1 Å². The predicted molar refractivity (Wildman–Crippen MR) is 61.1 cm³/mol. The van der Waals surface area contributed by atoms with E-state index in [0.29, 0.717) is 16.8 Å².